The second kappa shape index (κ2) is 7.83. The van der Waals surface area contributed by atoms with Gasteiger partial charge in [-0.3, -0.25) is 14.7 Å². The quantitative estimate of drug-likeness (QED) is 0.360. The SMILES string of the molecule is COc1ccc(C(C)=O)c2oc(-c3c(C)nc4c(-c5ccccc5)c(C(F)(F)F)[nH]n4c3=O)nc12. The van der Waals surface area contributed by atoms with Crippen molar-refractivity contribution in [2.75, 3.05) is 7.11 Å². The van der Waals surface area contributed by atoms with Gasteiger partial charge in [-0.1, -0.05) is 30.3 Å². The molecule has 5 aromatic rings. The molecule has 35 heavy (non-hydrogen) atoms. The number of ether oxygens (including phenoxy) is 1. The lowest BCUT2D eigenvalue weighted by Crippen LogP contribution is -2.20. The van der Waals surface area contributed by atoms with Crippen LogP contribution in [0.1, 0.15) is 28.7 Å². The number of aryl methyl sites for hydroxylation is 1. The van der Waals surface area contributed by atoms with Gasteiger partial charge >= 0.3 is 6.18 Å². The van der Waals surface area contributed by atoms with E-state index in [4.69, 9.17) is 9.15 Å². The summed E-state index contributed by atoms with van der Waals surface area (Å²) in [5.41, 5.74) is -1.66. The molecule has 0 aliphatic heterocycles. The van der Waals surface area contributed by atoms with Crippen LogP contribution in [0.3, 0.4) is 0 Å². The second-order valence-corrected chi connectivity index (χ2v) is 7.83. The lowest BCUT2D eigenvalue weighted by molar-refractivity contribution is -0.140. The number of aromatic amines is 1. The van der Waals surface area contributed by atoms with Crippen LogP contribution in [0.25, 0.3) is 39.3 Å². The molecule has 3 aromatic heterocycles. The highest BCUT2D eigenvalue weighted by Crippen LogP contribution is 2.39. The zero-order valence-corrected chi connectivity index (χ0v) is 18.6. The number of rotatable bonds is 4. The minimum absolute atomic E-state index is 0.100. The molecule has 0 fully saturated rings. The minimum Gasteiger partial charge on any atom is -0.494 e. The molecule has 0 bridgehead atoms. The maximum absolute atomic E-state index is 13.9. The molecule has 0 saturated heterocycles. The van der Waals surface area contributed by atoms with Crippen molar-refractivity contribution >= 4 is 22.5 Å². The van der Waals surface area contributed by atoms with Crippen molar-refractivity contribution < 1.29 is 27.1 Å². The number of carbonyl (C=O) groups excluding carboxylic acids is 1. The zero-order chi connectivity index (χ0) is 25.1. The third-order valence-corrected chi connectivity index (χ3v) is 5.63. The third-order valence-electron chi connectivity index (χ3n) is 5.63. The smallest absolute Gasteiger partial charge is 0.433 e. The number of nitrogens with one attached hydrogen (secondary N) is 1. The maximum atomic E-state index is 13.9. The van der Waals surface area contributed by atoms with Gasteiger partial charge in [-0.2, -0.15) is 17.7 Å². The number of hydrogen-bond donors (Lipinski definition) is 1. The molecule has 0 atom stereocenters. The van der Waals surface area contributed by atoms with E-state index in [1.165, 1.54) is 39.2 Å². The normalized spacial score (nSPS) is 11.9. The van der Waals surface area contributed by atoms with E-state index in [0.29, 0.717) is 5.75 Å². The Bertz CT molecular complexity index is 1680. The molecule has 5 rings (SSSR count). The van der Waals surface area contributed by atoms with Crippen LogP contribution >= 0.6 is 0 Å². The summed E-state index contributed by atoms with van der Waals surface area (Å²) in [6, 6.07) is 10.9. The van der Waals surface area contributed by atoms with Gasteiger partial charge in [0.25, 0.3) is 5.56 Å². The van der Waals surface area contributed by atoms with Crippen molar-refractivity contribution in [3.8, 4) is 28.3 Å². The van der Waals surface area contributed by atoms with Gasteiger partial charge < -0.3 is 9.15 Å². The van der Waals surface area contributed by atoms with Crippen molar-refractivity contribution in [3.05, 3.63) is 69.8 Å². The average Bonchev–Trinajstić information content (AvgIpc) is 3.41. The Labute approximate surface area is 195 Å². The van der Waals surface area contributed by atoms with Gasteiger partial charge in [-0.25, -0.2) is 9.97 Å². The molecule has 0 saturated carbocycles. The standard InChI is InChI=1S/C24H17F3N4O4/c1-11-16(22-29-18-15(34-3)10-9-14(12(2)32)19(18)35-22)23(33)31-21(28-11)17(13-7-5-4-6-8-13)20(30-31)24(25,26)27/h4-10,30H,1-3H3. The molecule has 2 aromatic carbocycles. The largest absolute Gasteiger partial charge is 0.494 e. The average molecular weight is 482 g/mol. The number of aromatic nitrogens is 4. The molecule has 11 heteroatoms. The number of fused-ring (bicyclic) bond motifs is 2. The number of Topliss-reactive ketones (excluding diaryl/α,β-unsaturated/α-hetero) is 1. The lowest BCUT2D eigenvalue weighted by atomic mass is 10.1. The number of nitrogens with zero attached hydrogens (tertiary/aromatic N) is 3. The Morgan fingerprint density at radius 3 is 2.43 bits per heavy atom. The first-order valence-corrected chi connectivity index (χ1v) is 10.4. The molecule has 178 valence electrons. The Balaban J connectivity index is 1.83. The number of oxazole rings is 1. The van der Waals surface area contributed by atoms with Gasteiger partial charge in [0.05, 0.1) is 23.9 Å². The molecule has 1 N–H and O–H groups in total. The fourth-order valence-corrected chi connectivity index (χ4v) is 4.04. The molecule has 0 unspecified atom stereocenters. The molecule has 0 spiro atoms. The van der Waals surface area contributed by atoms with Gasteiger partial charge in [-0.15, -0.1) is 0 Å². The fourth-order valence-electron chi connectivity index (χ4n) is 4.04. The van der Waals surface area contributed by atoms with Crippen LogP contribution in [0.4, 0.5) is 13.2 Å². The number of benzene rings is 2. The monoisotopic (exact) mass is 482 g/mol. The highest BCUT2D eigenvalue weighted by atomic mass is 19.4. The maximum Gasteiger partial charge on any atom is 0.433 e. The van der Waals surface area contributed by atoms with Crippen molar-refractivity contribution in [2.24, 2.45) is 0 Å². The molecule has 0 radical (unpaired) electrons. The third kappa shape index (κ3) is 3.47. The number of carbonyl (C=O) groups is 1. The highest BCUT2D eigenvalue weighted by Gasteiger charge is 2.38. The Morgan fingerprint density at radius 1 is 1.09 bits per heavy atom. The van der Waals surface area contributed by atoms with Crippen molar-refractivity contribution in [1.82, 2.24) is 19.6 Å². The van der Waals surface area contributed by atoms with E-state index in [0.717, 1.165) is 4.52 Å². The summed E-state index contributed by atoms with van der Waals surface area (Å²) in [7, 11) is 1.41. The first-order chi connectivity index (χ1) is 16.6. The molecule has 0 aliphatic rings. The fraction of sp³-hybridized carbons (Fsp3) is 0.167. The lowest BCUT2D eigenvalue weighted by Gasteiger charge is -2.07. The minimum atomic E-state index is -4.78. The highest BCUT2D eigenvalue weighted by molar-refractivity contribution is 6.05. The summed E-state index contributed by atoms with van der Waals surface area (Å²) in [6.45, 7) is 2.82. The van der Waals surface area contributed by atoms with E-state index >= 15 is 0 Å². The van der Waals surface area contributed by atoms with Gasteiger partial charge in [0.15, 0.2) is 22.5 Å². The Morgan fingerprint density at radius 2 is 1.80 bits per heavy atom. The summed E-state index contributed by atoms with van der Waals surface area (Å²) in [5.74, 6) is -0.188. The summed E-state index contributed by atoms with van der Waals surface area (Å²) in [4.78, 5) is 34.2. The Kier molecular flexibility index (Phi) is 5.01. The zero-order valence-electron chi connectivity index (χ0n) is 18.6. The molecule has 3 heterocycles. The number of alkyl halides is 3. The van der Waals surface area contributed by atoms with Crippen molar-refractivity contribution in [1.29, 1.82) is 0 Å². The second-order valence-electron chi connectivity index (χ2n) is 7.83. The van der Waals surface area contributed by atoms with Crippen LogP contribution in [-0.4, -0.2) is 32.5 Å². The van der Waals surface area contributed by atoms with Gasteiger partial charge in [0, 0.05) is 0 Å². The van der Waals surface area contributed by atoms with E-state index in [2.05, 4.69) is 15.1 Å². The summed E-state index contributed by atoms with van der Waals surface area (Å²) in [6.07, 6.45) is -4.78. The molecular formula is C24H17F3N4O4. The predicted molar refractivity (Wildman–Crippen MR) is 121 cm³/mol. The summed E-state index contributed by atoms with van der Waals surface area (Å²) in [5, 5.41) is 2.16. The van der Waals surface area contributed by atoms with Gasteiger partial charge in [-0.05, 0) is 31.5 Å². The number of H-pyrrole nitrogens is 1. The van der Waals surface area contributed by atoms with E-state index in [9.17, 15) is 22.8 Å². The van der Waals surface area contributed by atoms with E-state index in [1.54, 1.807) is 24.3 Å². The van der Waals surface area contributed by atoms with Gasteiger partial charge in [0.1, 0.15) is 17.0 Å². The Hall–Kier alpha value is -4.41. The molecule has 0 aliphatic carbocycles. The van der Waals surface area contributed by atoms with E-state index in [-0.39, 0.29) is 56.4 Å². The van der Waals surface area contributed by atoms with E-state index in [1.807, 2.05) is 0 Å². The van der Waals surface area contributed by atoms with Crippen molar-refractivity contribution in [3.63, 3.8) is 0 Å². The van der Waals surface area contributed by atoms with Crippen LogP contribution in [0.2, 0.25) is 0 Å². The number of methoxy groups -OCH3 is 1. The van der Waals surface area contributed by atoms with E-state index < -0.39 is 17.4 Å². The first-order valence-electron chi connectivity index (χ1n) is 10.4. The number of hydrogen-bond acceptors (Lipinski definition) is 6. The topological polar surface area (TPSA) is 102 Å². The molecular weight excluding hydrogens is 465 g/mol. The van der Waals surface area contributed by atoms with Crippen LogP contribution in [0, 0.1) is 6.92 Å². The van der Waals surface area contributed by atoms with Crippen LogP contribution < -0.4 is 10.3 Å². The van der Waals surface area contributed by atoms with Crippen LogP contribution in [0.15, 0.2) is 51.7 Å². The summed E-state index contributed by atoms with van der Waals surface area (Å²) < 4.78 is 53.6. The predicted octanol–water partition coefficient (Wildman–Crippen LogP) is 5.04. The summed E-state index contributed by atoms with van der Waals surface area (Å²) >= 11 is 0. The number of halogens is 3. The first kappa shape index (κ1) is 22.4. The van der Waals surface area contributed by atoms with Crippen molar-refractivity contribution in [2.45, 2.75) is 20.0 Å². The molecule has 0 amide bonds. The molecule has 8 nitrogen and oxygen atoms in total. The van der Waals surface area contributed by atoms with Crippen LogP contribution in [0.5, 0.6) is 5.75 Å². The number of ketones is 1. The van der Waals surface area contributed by atoms with Crippen LogP contribution in [-0.2, 0) is 6.18 Å². The van der Waals surface area contributed by atoms with Gasteiger partial charge in [0.2, 0.25) is 5.89 Å².